The molecule has 4 N–H and O–H groups in total. The molecule has 0 spiro atoms. The molecular weight excluding hydrogens is 654 g/mol. The average Bonchev–Trinajstić information content (AvgIpc) is 3.17. The highest BCUT2D eigenvalue weighted by atomic mass is 16.4. The van der Waals surface area contributed by atoms with Crippen molar-refractivity contribution in [1.29, 1.82) is 0 Å². The van der Waals surface area contributed by atoms with Crippen molar-refractivity contribution in [2.45, 2.75) is 58.3 Å². The minimum Gasteiger partial charge on any atom is -0.423 e. The Morgan fingerprint density at radius 2 is 0.849 bits per heavy atom. The summed E-state index contributed by atoms with van der Waals surface area (Å²) >= 11 is 0. The van der Waals surface area contributed by atoms with Gasteiger partial charge in [0, 0.05) is 26.2 Å². The molecule has 0 heterocycles. The largest absolute Gasteiger partial charge is 0.488 e. The Balaban J connectivity index is 1.01. The molecule has 7 aromatic rings. The van der Waals surface area contributed by atoms with Gasteiger partial charge in [0.05, 0.1) is 0 Å². The average molecular weight is 703 g/mol. The monoisotopic (exact) mass is 702 g/mol. The van der Waals surface area contributed by atoms with E-state index in [1.807, 2.05) is 42.5 Å². The first-order chi connectivity index (χ1) is 25.9. The van der Waals surface area contributed by atoms with Crippen molar-refractivity contribution in [2.75, 3.05) is 13.1 Å². The van der Waals surface area contributed by atoms with Gasteiger partial charge in [0.15, 0.2) is 0 Å². The highest BCUT2D eigenvalue weighted by Gasteiger charge is 2.20. The number of nitrogens with zero attached hydrogens (tertiary/aromatic N) is 2. The van der Waals surface area contributed by atoms with Crippen molar-refractivity contribution in [3.63, 3.8) is 0 Å². The van der Waals surface area contributed by atoms with Crippen LogP contribution < -0.4 is 10.9 Å². The van der Waals surface area contributed by atoms with Crippen LogP contribution in [0.15, 0.2) is 133 Å². The third-order valence-corrected chi connectivity index (χ3v) is 10.7. The van der Waals surface area contributed by atoms with Crippen molar-refractivity contribution >= 4 is 57.5 Å². The summed E-state index contributed by atoms with van der Waals surface area (Å²) < 4.78 is 0. The maximum Gasteiger partial charge on any atom is 0.488 e. The second kappa shape index (κ2) is 17.5. The lowest BCUT2D eigenvalue weighted by Crippen LogP contribution is -2.36. The van der Waals surface area contributed by atoms with Crippen LogP contribution >= 0.6 is 0 Å². The minimum atomic E-state index is -1.51. The zero-order valence-electron chi connectivity index (χ0n) is 30.3. The molecule has 0 saturated carbocycles. The van der Waals surface area contributed by atoms with Crippen molar-refractivity contribution in [3.05, 3.63) is 156 Å². The molecule has 7 rings (SSSR count). The molecule has 7 aromatic carbocycles. The van der Waals surface area contributed by atoms with Crippen LogP contribution in [0.3, 0.4) is 0 Å². The number of benzene rings is 7. The molecule has 0 aliphatic heterocycles. The Bertz CT molecular complexity index is 2210. The molecule has 8 heteroatoms. The van der Waals surface area contributed by atoms with E-state index in [0.29, 0.717) is 24.0 Å². The summed E-state index contributed by atoms with van der Waals surface area (Å²) in [5.74, 6) is 0. The van der Waals surface area contributed by atoms with Gasteiger partial charge in [-0.25, -0.2) is 0 Å². The quantitative estimate of drug-likeness (QED) is 0.0459. The number of unbranched alkanes of at least 4 members (excludes halogenated alkanes) is 4. The fourth-order valence-electron chi connectivity index (χ4n) is 7.99. The third-order valence-electron chi connectivity index (χ3n) is 10.7. The molecule has 53 heavy (non-hydrogen) atoms. The molecule has 0 fully saturated rings. The predicted octanol–water partition coefficient (Wildman–Crippen LogP) is 6.60. The van der Waals surface area contributed by atoms with Gasteiger partial charge in [0.1, 0.15) is 0 Å². The lowest BCUT2D eigenvalue weighted by molar-refractivity contribution is 0.244. The lowest BCUT2D eigenvalue weighted by atomic mass is 9.77. The minimum absolute atomic E-state index is 0.559. The van der Waals surface area contributed by atoms with Gasteiger partial charge in [-0.05, 0) is 91.4 Å². The summed E-state index contributed by atoms with van der Waals surface area (Å²) in [6.07, 6.45) is 5.46. The molecule has 0 aromatic heterocycles. The van der Waals surface area contributed by atoms with Crippen molar-refractivity contribution in [3.8, 4) is 0 Å². The van der Waals surface area contributed by atoms with E-state index >= 15 is 0 Å². The predicted molar refractivity (Wildman–Crippen MR) is 220 cm³/mol. The van der Waals surface area contributed by atoms with Crippen LogP contribution in [-0.4, -0.2) is 57.2 Å². The number of hydrogen-bond donors (Lipinski definition) is 4. The van der Waals surface area contributed by atoms with E-state index in [9.17, 15) is 20.1 Å². The molecule has 0 amide bonds. The zero-order valence-corrected chi connectivity index (χ0v) is 30.3. The summed E-state index contributed by atoms with van der Waals surface area (Å²) in [6, 6.07) is 45.7. The van der Waals surface area contributed by atoms with E-state index in [1.54, 1.807) is 12.1 Å². The summed E-state index contributed by atoms with van der Waals surface area (Å²) in [4.78, 5) is 4.86. The van der Waals surface area contributed by atoms with Crippen LogP contribution in [-0.2, 0) is 26.2 Å². The molecule has 0 radical (unpaired) electrons. The first kappa shape index (κ1) is 36.8. The molecule has 0 aliphatic carbocycles. The van der Waals surface area contributed by atoms with Gasteiger partial charge >= 0.3 is 14.2 Å². The van der Waals surface area contributed by atoms with Gasteiger partial charge in [-0.1, -0.05) is 153 Å². The van der Waals surface area contributed by atoms with E-state index in [1.165, 1.54) is 43.4 Å². The Hall–Kier alpha value is -4.53. The van der Waals surface area contributed by atoms with E-state index in [4.69, 9.17) is 0 Å². The maximum absolute atomic E-state index is 10.2. The first-order valence-corrected chi connectivity index (χ1v) is 19.0. The summed E-state index contributed by atoms with van der Waals surface area (Å²) in [6.45, 7) is 4.68. The fraction of sp³-hybridized carbons (Fsp3) is 0.244. The summed E-state index contributed by atoms with van der Waals surface area (Å²) in [7, 11) is -2.99. The Kier molecular flexibility index (Phi) is 12.2. The van der Waals surface area contributed by atoms with Crippen LogP contribution in [0.4, 0.5) is 0 Å². The summed E-state index contributed by atoms with van der Waals surface area (Å²) in [5, 5.41) is 47.9. The molecule has 0 aliphatic rings. The van der Waals surface area contributed by atoms with Crippen LogP contribution in [0.2, 0.25) is 0 Å². The molecule has 0 unspecified atom stereocenters. The Labute approximate surface area is 313 Å². The maximum atomic E-state index is 10.2. The Morgan fingerprint density at radius 1 is 0.377 bits per heavy atom. The van der Waals surface area contributed by atoms with Crippen LogP contribution in [0.5, 0.6) is 0 Å². The highest BCUT2D eigenvalue weighted by molar-refractivity contribution is 6.59. The van der Waals surface area contributed by atoms with E-state index < -0.39 is 14.2 Å². The standard InChI is InChI=1S/C45H48B2N2O4/c50-46(51)42-20-9-7-16-39(42)32-48(30-34-14-5-4-6-15-34)28-11-2-1-3-12-29-49(33-40-17-8-10-21-43(40)47(52)53)31-38-25-24-37-23-22-35-18-13-19-36-26-27-41(38)45(37)44(35)36/h4-10,13-27,50-53H,1-3,11-12,28-33H2. The van der Waals surface area contributed by atoms with E-state index in [0.717, 1.165) is 69.4 Å². The molecule has 268 valence electrons. The molecule has 0 atom stereocenters. The fourth-order valence-corrected chi connectivity index (χ4v) is 7.99. The van der Waals surface area contributed by atoms with Crippen LogP contribution in [0, 0.1) is 0 Å². The van der Waals surface area contributed by atoms with Crippen LogP contribution in [0.1, 0.15) is 54.4 Å². The topological polar surface area (TPSA) is 87.4 Å². The van der Waals surface area contributed by atoms with Gasteiger partial charge in [0.2, 0.25) is 0 Å². The second-order valence-electron chi connectivity index (χ2n) is 14.4. The van der Waals surface area contributed by atoms with E-state index in [-0.39, 0.29) is 0 Å². The molecular formula is C45H48B2N2O4. The number of hydrogen-bond acceptors (Lipinski definition) is 6. The highest BCUT2D eigenvalue weighted by Crippen LogP contribution is 2.36. The Morgan fingerprint density at radius 3 is 1.45 bits per heavy atom. The SMILES string of the molecule is OB(O)c1ccccc1CN(CCCCCCCN(Cc1ccccc1B(O)O)Cc1ccc2ccc3cccc4ccc1c2c34)Cc1ccccc1. The van der Waals surface area contributed by atoms with Gasteiger partial charge in [-0.3, -0.25) is 9.80 Å². The van der Waals surface area contributed by atoms with Gasteiger partial charge in [-0.15, -0.1) is 0 Å². The normalized spacial score (nSPS) is 11.8. The van der Waals surface area contributed by atoms with Gasteiger partial charge < -0.3 is 20.1 Å². The van der Waals surface area contributed by atoms with Crippen molar-refractivity contribution < 1.29 is 20.1 Å². The summed E-state index contributed by atoms with van der Waals surface area (Å²) in [5.41, 5.74) is 5.53. The second-order valence-corrected chi connectivity index (χ2v) is 14.4. The third kappa shape index (κ3) is 8.99. The molecule has 0 bridgehead atoms. The van der Waals surface area contributed by atoms with Gasteiger partial charge in [-0.2, -0.15) is 0 Å². The van der Waals surface area contributed by atoms with Crippen molar-refractivity contribution in [1.82, 2.24) is 9.80 Å². The zero-order chi connectivity index (χ0) is 36.6. The molecule has 0 saturated heterocycles. The van der Waals surface area contributed by atoms with Crippen LogP contribution in [0.25, 0.3) is 32.3 Å². The van der Waals surface area contributed by atoms with E-state index in [2.05, 4.69) is 88.7 Å². The number of rotatable bonds is 18. The smallest absolute Gasteiger partial charge is 0.423 e. The lowest BCUT2D eigenvalue weighted by Gasteiger charge is -2.25. The van der Waals surface area contributed by atoms with Crippen molar-refractivity contribution in [2.24, 2.45) is 0 Å². The first-order valence-electron chi connectivity index (χ1n) is 19.0. The van der Waals surface area contributed by atoms with Gasteiger partial charge in [0.25, 0.3) is 0 Å². The molecule has 6 nitrogen and oxygen atoms in total.